The normalized spacial score (nSPS) is 10.1. The number of benzene rings is 1. The Morgan fingerprint density at radius 1 is 1.07 bits per heavy atom. The lowest BCUT2D eigenvalue weighted by molar-refractivity contribution is 1.32. The number of hydrogen-bond donors (Lipinski definition) is 1. The molecule has 3 heteroatoms. The van der Waals surface area contributed by atoms with Gasteiger partial charge in [-0.15, -0.1) is 0 Å². The third kappa shape index (κ3) is 1.94. The van der Waals surface area contributed by atoms with Crippen molar-refractivity contribution in [3.05, 3.63) is 51.7 Å². The molecule has 1 aromatic heterocycles. The Kier molecular flexibility index (Phi) is 2.79. The van der Waals surface area contributed by atoms with Gasteiger partial charge in [0.2, 0.25) is 0 Å². The molecule has 0 unspecified atom stereocenters. The summed E-state index contributed by atoms with van der Waals surface area (Å²) in [5.74, 6) is 0. The molecule has 0 saturated carbocycles. The number of aromatic nitrogens is 1. The van der Waals surface area contributed by atoms with E-state index >= 15 is 0 Å². The Hall–Kier alpha value is -0.930. The van der Waals surface area contributed by atoms with Gasteiger partial charge in [-0.1, -0.05) is 40.3 Å². The standard InChI is InChI=1S/C11H8BrNS/c12-9-3-1-8(2-4-9)10-7-13-6-5-11(10)14/h1-7H,(H,13,14). The first-order valence-corrected chi connectivity index (χ1v) is 5.40. The van der Waals surface area contributed by atoms with E-state index in [1.54, 1.807) is 0 Å². The fourth-order valence-corrected chi connectivity index (χ4v) is 1.78. The molecule has 0 bridgehead atoms. The quantitative estimate of drug-likeness (QED) is 0.766. The Balaban J connectivity index is 2.56. The largest absolute Gasteiger partial charge is 0.367 e. The van der Waals surface area contributed by atoms with E-state index in [-0.39, 0.29) is 0 Å². The predicted molar refractivity (Wildman–Crippen MR) is 64.8 cm³/mol. The third-order valence-corrected chi connectivity index (χ3v) is 2.86. The van der Waals surface area contributed by atoms with E-state index in [9.17, 15) is 0 Å². The molecule has 14 heavy (non-hydrogen) atoms. The fourth-order valence-electron chi connectivity index (χ4n) is 1.27. The van der Waals surface area contributed by atoms with Gasteiger partial charge in [-0.2, -0.15) is 0 Å². The molecule has 0 amide bonds. The van der Waals surface area contributed by atoms with Crippen molar-refractivity contribution < 1.29 is 0 Å². The highest BCUT2D eigenvalue weighted by atomic mass is 79.9. The third-order valence-electron chi connectivity index (χ3n) is 1.98. The molecular formula is C11H8BrNS. The summed E-state index contributed by atoms with van der Waals surface area (Å²) in [5.41, 5.74) is 2.20. The molecule has 0 aliphatic heterocycles. The van der Waals surface area contributed by atoms with Gasteiger partial charge in [-0.3, -0.25) is 0 Å². The molecule has 0 aliphatic rings. The number of aromatic amines is 1. The average molecular weight is 266 g/mol. The van der Waals surface area contributed by atoms with Crippen molar-refractivity contribution in [2.75, 3.05) is 0 Å². The van der Waals surface area contributed by atoms with Crippen molar-refractivity contribution in [1.82, 2.24) is 4.98 Å². The SMILES string of the molecule is S=c1cc[nH]cc1-c1ccc(Br)cc1. The molecule has 2 rings (SSSR count). The summed E-state index contributed by atoms with van der Waals surface area (Å²) in [6.45, 7) is 0. The first kappa shape index (κ1) is 9.62. The van der Waals surface area contributed by atoms with Crippen LogP contribution in [0.3, 0.4) is 0 Å². The van der Waals surface area contributed by atoms with Gasteiger partial charge in [0.25, 0.3) is 0 Å². The molecule has 70 valence electrons. The van der Waals surface area contributed by atoms with Gasteiger partial charge in [0.05, 0.1) is 0 Å². The Morgan fingerprint density at radius 2 is 1.79 bits per heavy atom. The number of pyridine rings is 1. The van der Waals surface area contributed by atoms with Gasteiger partial charge in [0, 0.05) is 26.9 Å². The molecule has 1 N–H and O–H groups in total. The summed E-state index contributed by atoms with van der Waals surface area (Å²) in [6, 6.07) is 10.0. The zero-order valence-corrected chi connectivity index (χ0v) is 9.73. The van der Waals surface area contributed by atoms with Crippen molar-refractivity contribution in [3.8, 4) is 11.1 Å². The van der Waals surface area contributed by atoms with Crippen LogP contribution >= 0.6 is 28.1 Å². The molecule has 0 fully saturated rings. The second kappa shape index (κ2) is 4.07. The highest BCUT2D eigenvalue weighted by Crippen LogP contribution is 2.21. The van der Waals surface area contributed by atoms with Crippen LogP contribution in [0.1, 0.15) is 0 Å². The van der Waals surface area contributed by atoms with Crippen LogP contribution in [0, 0.1) is 4.51 Å². The summed E-state index contributed by atoms with van der Waals surface area (Å²) in [6.07, 6.45) is 3.76. The Labute approximate surface area is 95.9 Å². The minimum Gasteiger partial charge on any atom is -0.367 e. The van der Waals surface area contributed by atoms with Crippen molar-refractivity contribution in [2.45, 2.75) is 0 Å². The second-order valence-corrected chi connectivity index (χ2v) is 4.28. The maximum Gasteiger partial charge on any atom is 0.0484 e. The average Bonchev–Trinajstić information content (AvgIpc) is 2.20. The topological polar surface area (TPSA) is 15.8 Å². The predicted octanol–water partition coefficient (Wildman–Crippen LogP) is 4.17. The maximum atomic E-state index is 5.24. The van der Waals surface area contributed by atoms with Crippen LogP contribution in [-0.4, -0.2) is 4.98 Å². The molecule has 0 radical (unpaired) electrons. The van der Waals surface area contributed by atoms with E-state index in [2.05, 4.69) is 20.9 Å². The maximum absolute atomic E-state index is 5.24. The first-order chi connectivity index (χ1) is 6.77. The summed E-state index contributed by atoms with van der Waals surface area (Å²) in [7, 11) is 0. The van der Waals surface area contributed by atoms with E-state index < -0.39 is 0 Å². The van der Waals surface area contributed by atoms with Crippen LogP contribution in [0.15, 0.2) is 47.2 Å². The molecule has 1 aromatic carbocycles. The van der Waals surface area contributed by atoms with Gasteiger partial charge >= 0.3 is 0 Å². The molecule has 1 heterocycles. The lowest BCUT2D eigenvalue weighted by atomic mass is 10.1. The summed E-state index contributed by atoms with van der Waals surface area (Å²) >= 11 is 8.64. The second-order valence-electron chi connectivity index (χ2n) is 2.93. The molecular weight excluding hydrogens is 258 g/mol. The number of halogens is 1. The number of nitrogens with one attached hydrogen (secondary N) is 1. The van der Waals surface area contributed by atoms with E-state index in [0.717, 1.165) is 20.1 Å². The molecule has 0 spiro atoms. The van der Waals surface area contributed by atoms with Gasteiger partial charge in [0.1, 0.15) is 0 Å². The van der Waals surface area contributed by atoms with Crippen molar-refractivity contribution in [1.29, 1.82) is 0 Å². The monoisotopic (exact) mass is 265 g/mol. The minimum absolute atomic E-state index is 0.867. The van der Waals surface area contributed by atoms with Crippen molar-refractivity contribution in [2.24, 2.45) is 0 Å². The van der Waals surface area contributed by atoms with E-state index in [1.165, 1.54) is 0 Å². The highest BCUT2D eigenvalue weighted by Gasteiger charge is 1.98. The molecule has 0 atom stereocenters. The lowest BCUT2D eigenvalue weighted by Crippen LogP contribution is -1.80. The lowest BCUT2D eigenvalue weighted by Gasteiger charge is -2.01. The van der Waals surface area contributed by atoms with Crippen LogP contribution in [0.2, 0.25) is 0 Å². The van der Waals surface area contributed by atoms with E-state index in [4.69, 9.17) is 12.2 Å². The van der Waals surface area contributed by atoms with Crippen LogP contribution < -0.4 is 0 Å². The fraction of sp³-hybridized carbons (Fsp3) is 0. The summed E-state index contributed by atoms with van der Waals surface area (Å²) in [5, 5.41) is 0. The number of rotatable bonds is 1. The highest BCUT2D eigenvalue weighted by molar-refractivity contribution is 9.10. The zero-order chi connectivity index (χ0) is 9.97. The van der Waals surface area contributed by atoms with Crippen LogP contribution in [0.25, 0.3) is 11.1 Å². The number of H-pyrrole nitrogens is 1. The van der Waals surface area contributed by atoms with Gasteiger partial charge < -0.3 is 4.98 Å². The Bertz CT molecular complexity index is 487. The smallest absolute Gasteiger partial charge is 0.0484 e. The van der Waals surface area contributed by atoms with E-state index in [0.29, 0.717) is 0 Å². The van der Waals surface area contributed by atoms with Crippen molar-refractivity contribution in [3.63, 3.8) is 0 Å². The Morgan fingerprint density at radius 3 is 2.43 bits per heavy atom. The van der Waals surface area contributed by atoms with Crippen LogP contribution in [0.4, 0.5) is 0 Å². The van der Waals surface area contributed by atoms with Gasteiger partial charge in [-0.25, -0.2) is 0 Å². The minimum atomic E-state index is 0.867. The zero-order valence-electron chi connectivity index (χ0n) is 7.33. The van der Waals surface area contributed by atoms with E-state index in [1.807, 2.05) is 42.7 Å². The van der Waals surface area contributed by atoms with Crippen LogP contribution in [-0.2, 0) is 0 Å². The molecule has 0 saturated heterocycles. The van der Waals surface area contributed by atoms with Gasteiger partial charge in [0.15, 0.2) is 0 Å². The summed E-state index contributed by atoms with van der Waals surface area (Å²) < 4.78 is 1.94. The molecule has 1 nitrogen and oxygen atoms in total. The molecule has 0 aliphatic carbocycles. The van der Waals surface area contributed by atoms with Crippen molar-refractivity contribution >= 4 is 28.1 Å². The van der Waals surface area contributed by atoms with Crippen LogP contribution in [0.5, 0.6) is 0 Å². The first-order valence-electron chi connectivity index (χ1n) is 4.20. The van der Waals surface area contributed by atoms with Gasteiger partial charge in [-0.05, 0) is 23.8 Å². The summed E-state index contributed by atoms with van der Waals surface area (Å²) in [4.78, 5) is 3.04. The molecule has 2 aromatic rings. The number of hydrogen-bond acceptors (Lipinski definition) is 1.